The molecule has 0 aromatic heterocycles. The van der Waals surface area contributed by atoms with Gasteiger partial charge in [0.1, 0.15) is 0 Å². The lowest BCUT2D eigenvalue weighted by atomic mass is 10.4. The van der Waals surface area contributed by atoms with Crippen molar-refractivity contribution in [2.75, 3.05) is 19.6 Å². The second-order valence-corrected chi connectivity index (χ2v) is 3.73. The highest BCUT2D eigenvalue weighted by atomic mass is 19.4. The summed E-state index contributed by atoms with van der Waals surface area (Å²) in [6, 6.07) is -0.113. The molecule has 1 fully saturated rings. The summed E-state index contributed by atoms with van der Waals surface area (Å²) < 4.78 is 36.6. The second kappa shape index (κ2) is 5.21. The van der Waals surface area contributed by atoms with E-state index in [0.29, 0.717) is 0 Å². The fraction of sp³-hybridized carbons (Fsp3) is 0.700. The standard InChI is InChI=1S/C10H13F3N2O/c1-2-5-14-9(16)6-15(8-3-4-8)7-10(11,12)13/h1,8H,3-7H2,(H,14,16). The molecule has 0 atom stereocenters. The predicted octanol–water partition coefficient (Wildman–Crippen LogP) is 0.762. The Morgan fingerprint density at radius 2 is 2.12 bits per heavy atom. The lowest BCUT2D eigenvalue weighted by Gasteiger charge is -2.22. The van der Waals surface area contributed by atoms with Crippen molar-refractivity contribution >= 4 is 5.91 Å². The lowest BCUT2D eigenvalue weighted by Crippen LogP contribution is -2.43. The minimum atomic E-state index is -4.27. The van der Waals surface area contributed by atoms with Crippen LogP contribution in [-0.2, 0) is 4.79 Å². The molecule has 16 heavy (non-hydrogen) atoms. The van der Waals surface area contributed by atoms with Crippen LogP contribution in [0.3, 0.4) is 0 Å². The van der Waals surface area contributed by atoms with Crippen molar-refractivity contribution in [3.8, 4) is 12.3 Å². The molecule has 0 saturated heterocycles. The van der Waals surface area contributed by atoms with E-state index in [1.54, 1.807) is 0 Å². The fourth-order valence-electron chi connectivity index (χ4n) is 1.37. The fourth-order valence-corrected chi connectivity index (χ4v) is 1.37. The Morgan fingerprint density at radius 1 is 1.50 bits per heavy atom. The van der Waals surface area contributed by atoms with Gasteiger partial charge < -0.3 is 5.32 Å². The quantitative estimate of drug-likeness (QED) is 0.712. The minimum absolute atomic E-state index is 0.0450. The highest BCUT2D eigenvalue weighted by Crippen LogP contribution is 2.29. The van der Waals surface area contributed by atoms with E-state index in [2.05, 4.69) is 11.2 Å². The summed E-state index contributed by atoms with van der Waals surface area (Å²) in [6.45, 7) is -1.24. The van der Waals surface area contributed by atoms with E-state index < -0.39 is 18.6 Å². The highest BCUT2D eigenvalue weighted by molar-refractivity contribution is 5.78. The van der Waals surface area contributed by atoms with Crippen LogP contribution in [0.5, 0.6) is 0 Å². The number of terminal acetylenes is 1. The van der Waals surface area contributed by atoms with E-state index in [4.69, 9.17) is 6.42 Å². The van der Waals surface area contributed by atoms with Crippen molar-refractivity contribution in [2.45, 2.75) is 25.1 Å². The summed E-state index contributed by atoms with van der Waals surface area (Å²) in [5.74, 6) is 1.73. The maximum absolute atomic E-state index is 12.2. The molecule has 0 unspecified atom stereocenters. The zero-order valence-electron chi connectivity index (χ0n) is 8.68. The molecule has 0 bridgehead atoms. The third-order valence-electron chi connectivity index (χ3n) is 2.18. The normalized spacial score (nSPS) is 15.9. The zero-order valence-corrected chi connectivity index (χ0v) is 8.68. The van der Waals surface area contributed by atoms with Crippen molar-refractivity contribution < 1.29 is 18.0 Å². The summed E-state index contributed by atoms with van der Waals surface area (Å²) >= 11 is 0. The van der Waals surface area contributed by atoms with Gasteiger partial charge in [-0.1, -0.05) is 5.92 Å². The first-order valence-electron chi connectivity index (χ1n) is 4.93. The Labute approximate surface area is 92.0 Å². The van der Waals surface area contributed by atoms with E-state index in [1.807, 2.05) is 0 Å². The van der Waals surface area contributed by atoms with Crippen molar-refractivity contribution in [3.63, 3.8) is 0 Å². The van der Waals surface area contributed by atoms with Crippen molar-refractivity contribution in [3.05, 3.63) is 0 Å². The van der Waals surface area contributed by atoms with Gasteiger partial charge in [-0.25, -0.2) is 0 Å². The number of rotatable bonds is 5. The van der Waals surface area contributed by atoms with Gasteiger partial charge in [-0.2, -0.15) is 13.2 Å². The van der Waals surface area contributed by atoms with E-state index in [1.165, 1.54) is 0 Å². The third kappa shape index (κ3) is 5.03. The number of hydrogen-bond donors (Lipinski definition) is 1. The number of carbonyl (C=O) groups is 1. The van der Waals surface area contributed by atoms with E-state index in [9.17, 15) is 18.0 Å². The van der Waals surface area contributed by atoms with Crippen LogP contribution in [0.15, 0.2) is 0 Å². The van der Waals surface area contributed by atoms with Gasteiger partial charge in [-0.3, -0.25) is 9.69 Å². The Hall–Kier alpha value is -1.22. The number of hydrogen-bond acceptors (Lipinski definition) is 2. The van der Waals surface area contributed by atoms with Crippen molar-refractivity contribution in [1.29, 1.82) is 0 Å². The first kappa shape index (κ1) is 12.8. The van der Waals surface area contributed by atoms with Crippen LogP contribution in [0, 0.1) is 12.3 Å². The largest absolute Gasteiger partial charge is 0.401 e. The molecular formula is C10H13F3N2O. The molecule has 1 aliphatic carbocycles. The topological polar surface area (TPSA) is 32.3 Å². The Morgan fingerprint density at radius 3 is 2.56 bits per heavy atom. The molecule has 1 saturated carbocycles. The number of halogens is 3. The Bertz CT molecular complexity index is 291. The number of amides is 1. The molecule has 0 aromatic rings. The number of nitrogens with one attached hydrogen (secondary N) is 1. The monoisotopic (exact) mass is 234 g/mol. The van der Waals surface area contributed by atoms with Crippen LogP contribution in [0.1, 0.15) is 12.8 Å². The third-order valence-corrected chi connectivity index (χ3v) is 2.18. The molecule has 0 aromatic carbocycles. The molecule has 6 heteroatoms. The number of alkyl halides is 3. The summed E-state index contributed by atoms with van der Waals surface area (Å²) in [5, 5.41) is 2.35. The molecule has 90 valence electrons. The summed E-state index contributed by atoms with van der Waals surface area (Å²) in [5.41, 5.74) is 0. The molecule has 3 nitrogen and oxygen atoms in total. The molecular weight excluding hydrogens is 221 g/mol. The summed E-state index contributed by atoms with van der Waals surface area (Å²) in [7, 11) is 0. The number of nitrogens with zero attached hydrogens (tertiary/aromatic N) is 1. The van der Waals surface area contributed by atoms with Gasteiger partial charge in [0, 0.05) is 6.04 Å². The van der Waals surface area contributed by atoms with Crippen LogP contribution in [0.2, 0.25) is 0 Å². The predicted molar refractivity (Wildman–Crippen MR) is 52.5 cm³/mol. The minimum Gasteiger partial charge on any atom is -0.344 e. The van der Waals surface area contributed by atoms with E-state index in [0.717, 1.165) is 17.7 Å². The molecule has 1 rings (SSSR count). The molecule has 0 spiro atoms. The van der Waals surface area contributed by atoms with Gasteiger partial charge in [-0.15, -0.1) is 6.42 Å². The van der Waals surface area contributed by atoms with Crippen LogP contribution in [0.4, 0.5) is 13.2 Å². The molecule has 1 N–H and O–H groups in total. The van der Waals surface area contributed by atoms with Crippen LogP contribution >= 0.6 is 0 Å². The smallest absolute Gasteiger partial charge is 0.344 e. The maximum Gasteiger partial charge on any atom is 0.401 e. The van der Waals surface area contributed by atoms with E-state index in [-0.39, 0.29) is 19.1 Å². The van der Waals surface area contributed by atoms with Gasteiger partial charge in [0.25, 0.3) is 0 Å². The van der Waals surface area contributed by atoms with Gasteiger partial charge in [0.2, 0.25) is 5.91 Å². The van der Waals surface area contributed by atoms with Crippen LogP contribution in [0.25, 0.3) is 0 Å². The van der Waals surface area contributed by atoms with Crippen molar-refractivity contribution in [1.82, 2.24) is 10.2 Å². The summed E-state index contributed by atoms with van der Waals surface area (Å²) in [6.07, 6.45) is 2.10. The number of carbonyl (C=O) groups excluding carboxylic acids is 1. The Balaban J connectivity index is 2.39. The first-order chi connectivity index (χ1) is 7.42. The second-order valence-electron chi connectivity index (χ2n) is 3.73. The zero-order chi connectivity index (χ0) is 12.2. The molecule has 1 aliphatic rings. The molecule has 1 amide bonds. The first-order valence-corrected chi connectivity index (χ1v) is 4.93. The average Bonchev–Trinajstić information content (AvgIpc) is 2.94. The molecule has 0 heterocycles. The van der Waals surface area contributed by atoms with Gasteiger partial charge in [0.05, 0.1) is 19.6 Å². The van der Waals surface area contributed by atoms with Gasteiger partial charge in [0.15, 0.2) is 0 Å². The van der Waals surface area contributed by atoms with Crippen molar-refractivity contribution in [2.24, 2.45) is 0 Å². The van der Waals surface area contributed by atoms with Crippen LogP contribution in [-0.4, -0.2) is 42.7 Å². The average molecular weight is 234 g/mol. The van der Waals surface area contributed by atoms with Gasteiger partial charge in [-0.05, 0) is 12.8 Å². The SMILES string of the molecule is C#CCNC(=O)CN(CC(F)(F)F)C1CC1. The highest BCUT2D eigenvalue weighted by Gasteiger charge is 2.38. The Kier molecular flexibility index (Phi) is 4.19. The van der Waals surface area contributed by atoms with E-state index >= 15 is 0 Å². The van der Waals surface area contributed by atoms with Gasteiger partial charge >= 0.3 is 6.18 Å². The summed E-state index contributed by atoms with van der Waals surface area (Å²) in [4.78, 5) is 12.4. The maximum atomic E-state index is 12.2. The molecule has 0 radical (unpaired) electrons. The lowest BCUT2D eigenvalue weighted by molar-refractivity contribution is -0.150. The van der Waals surface area contributed by atoms with Crippen LogP contribution < -0.4 is 5.32 Å². The molecule has 0 aliphatic heterocycles.